The molecule has 0 aliphatic carbocycles. The summed E-state index contributed by atoms with van der Waals surface area (Å²) in [6, 6.07) is 3.14. The van der Waals surface area contributed by atoms with E-state index in [2.05, 4.69) is 5.32 Å². The summed E-state index contributed by atoms with van der Waals surface area (Å²) in [6.45, 7) is 2.62. The molecule has 1 aromatic rings. The number of aromatic hydroxyl groups is 1. The number of phenolic OH excluding ortho intramolecular Hbond substituents is 1. The highest BCUT2D eigenvalue weighted by Crippen LogP contribution is 2.33. The molecule has 0 amide bonds. The fourth-order valence-electron chi connectivity index (χ4n) is 1.95. The van der Waals surface area contributed by atoms with Gasteiger partial charge in [-0.15, -0.1) is 0 Å². The van der Waals surface area contributed by atoms with Gasteiger partial charge in [0.25, 0.3) is 0 Å². The van der Waals surface area contributed by atoms with E-state index < -0.39 is 0 Å². The van der Waals surface area contributed by atoms with Crippen LogP contribution >= 0.6 is 0 Å². The molecule has 1 aliphatic heterocycles. The van der Waals surface area contributed by atoms with E-state index in [-0.39, 0.29) is 17.6 Å². The van der Waals surface area contributed by atoms with Gasteiger partial charge in [0.15, 0.2) is 0 Å². The summed E-state index contributed by atoms with van der Waals surface area (Å²) in [5.74, 6) is -0.211. The standard InChI is InChI=1S/C11H14FNO/c1-7-4-5-9(14)10(11(7)12)8-3-2-6-13-8/h4-5,8,13-14H,2-3,6H2,1H3. The Bertz CT molecular complexity index is 345. The van der Waals surface area contributed by atoms with Gasteiger partial charge in [0, 0.05) is 11.6 Å². The molecule has 2 nitrogen and oxygen atoms in total. The lowest BCUT2D eigenvalue weighted by Gasteiger charge is -2.14. The number of nitrogens with one attached hydrogen (secondary N) is 1. The molecule has 1 atom stereocenters. The molecule has 0 spiro atoms. The van der Waals surface area contributed by atoms with Crippen LogP contribution in [0, 0.1) is 12.7 Å². The summed E-state index contributed by atoms with van der Waals surface area (Å²) in [7, 11) is 0. The number of rotatable bonds is 1. The number of aryl methyl sites for hydroxylation is 1. The molecule has 2 N–H and O–H groups in total. The van der Waals surface area contributed by atoms with Crippen molar-refractivity contribution in [3.63, 3.8) is 0 Å². The molecule has 2 rings (SSSR count). The second-order valence-corrected chi connectivity index (χ2v) is 3.78. The second kappa shape index (κ2) is 3.58. The van der Waals surface area contributed by atoms with Gasteiger partial charge in [-0.2, -0.15) is 0 Å². The van der Waals surface area contributed by atoms with Crippen molar-refractivity contribution in [1.82, 2.24) is 5.32 Å². The van der Waals surface area contributed by atoms with Crippen molar-refractivity contribution in [3.05, 3.63) is 29.1 Å². The zero-order chi connectivity index (χ0) is 10.1. The predicted molar refractivity (Wildman–Crippen MR) is 52.8 cm³/mol. The Kier molecular flexibility index (Phi) is 2.42. The molecule has 0 aromatic heterocycles. The van der Waals surface area contributed by atoms with Gasteiger partial charge in [0.1, 0.15) is 11.6 Å². The third-order valence-corrected chi connectivity index (χ3v) is 2.76. The van der Waals surface area contributed by atoms with Gasteiger partial charge < -0.3 is 10.4 Å². The van der Waals surface area contributed by atoms with Crippen molar-refractivity contribution in [3.8, 4) is 5.75 Å². The van der Waals surface area contributed by atoms with E-state index in [1.54, 1.807) is 19.1 Å². The first-order valence-corrected chi connectivity index (χ1v) is 4.91. The van der Waals surface area contributed by atoms with E-state index in [4.69, 9.17) is 0 Å². The highest BCUT2D eigenvalue weighted by atomic mass is 19.1. The molecular weight excluding hydrogens is 181 g/mol. The number of phenols is 1. The maximum atomic E-state index is 13.7. The quantitative estimate of drug-likeness (QED) is 0.720. The lowest BCUT2D eigenvalue weighted by atomic mass is 10.0. The van der Waals surface area contributed by atoms with Crippen molar-refractivity contribution in [2.75, 3.05) is 6.54 Å². The molecule has 76 valence electrons. The van der Waals surface area contributed by atoms with Crippen molar-refractivity contribution in [2.45, 2.75) is 25.8 Å². The fourth-order valence-corrected chi connectivity index (χ4v) is 1.95. The van der Waals surface area contributed by atoms with Gasteiger partial charge in [-0.3, -0.25) is 0 Å². The summed E-state index contributed by atoms with van der Waals surface area (Å²) in [5, 5.41) is 12.8. The summed E-state index contributed by atoms with van der Waals surface area (Å²) in [5.41, 5.74) is 1.02. The highest BCUT2D eigenvalue weighted by molar-refractivity contribution is 5.40. The van der Waals surface area contributed by atoms with Crippen LogP contribution in [0.3, 0.4) is 0 Å². The minimum atomic E-state index is -0.274. The van der Waals surface area contributed by atoms with E-state index in [0.29, 0.717) is 11.1 Å². The molecule has 3 heteroatoms. The lowest BCUT2D eigenvalue weighted by molar-refractivity contribution is 0.441. The van der Waals surface area contributed by atoms with Crippen LogP contribution in [0.5, 0.6) is 5.75 Å². The summed E-state index contributed by atoms with van der Waals surface area (Å²) in [4.78, 5) is 0. The molecule has 1 aromatic carbocycles. The van der Waals surface area contributed by atoms with Crippen LogP contribution < -0.4 is 5.32 Å². The monoisotopic (exact) mass is 195 g/mol. The Morgan fingerprint density at radius 1 is 1.50 bits per heavy atom. The van der Waals surface area contributed by atoms with Crippen molar-refractivity contribution >= 4 is 0 Å². The maximum absolute atomic E-state index is 13.7. The minimum absolute atomic E-state index is 0.0186. The molecule has 1 heterocycles. The number of hydrogen-bond donors (Lipinski definition) is 2. The van der Waals surface area contributed by atoms with E-state index in [0.717, 1.165) is 19.4 Å². The average Bonchev–Trinajstić information content (AvgIpc) is 2.65. The number of halogens is 1. The first-order valence-electron chi connectivity index (χ1n) is 4.91. The molecule has 1 saturated heterocycles. The zero-order valence-corrected chi connectivity index (χ0v) is 8.18. The largest absolute Gasteiger partial charge is 0.508 e. The van der Waals surface area contributed by atoms with Crippen LogP contribution in [0.4, 0.5) is 4.39 Å². The SMILES string of the molecule is Cc1ccc(O)c(C2CCCN2)c1F. The van der Waals surface area contributed by atoms with E-state index in [1.165, 1.54) is 0 Å². The van der Waals surface area contributed by atoms with Gasteiger partial charge in [0.2, 0.25) is 0 Å². The van der Waals surface area contributed by atoms with E-state index in [9.17, 15) is 9.50 Å². The fraction of sp³-hybridized carbons (Fsp3) is 0.455. The van der Waals surface area contributed by atoms with Crippen LogP contribution in [0.2, 0.25) is 0 Å². The molecule has 1 aliphatic rings. The number of benzene rings is 1. The van der Waals surface area contributed by atoms with Crippen LogP contribution in [0.1, 0.15) is 30.0 Å². The van der Waals surface area contributed by atoms with Crippen molar-refractivity contribution < 1.29 is 9.50 Å². The molecule has 0 bridgehead atoms. The first kappa shape index (κ1) is 9.46. The van der Waals surface area contributed by atoms with Crippen LogP contribution in [0.25, 0.3) is 0 Å². The van der Waals surface area contributed by atoms with E-state index in [1.807, 2.05) is 0 Å². The molecule has 1 unspecified atom stereocenters. The highest BCUT2D eigenvalue weighted by Gasteiger charge is 2.23. The third kappa shape index (κ3) is 1.48. The van der Waals surface area contributed by atoms with Crippen LogP contribution in [0.15, 0.2) is 12.1 Å². The van der Waals surface area contributed by atoms with Crippen molar-refractivity contribution in [2.24, 2.45) is 0 Å². The molecule has 0 saturated carbocycles. The Hall–Kier alpha value is -1.09. The summed E-state index contributed by atoms with van der Waals surface area (Å²) >= 11 is 0. The van der Waals surface area contributed by atoms with Crippen LogP contribution in [-0.4, -0.2) is 11.7 Å². The topological polar surface area (TPSA) is 32.3 Å². The summed E-state index contributed by atoms with van der Waals surface area (Å²) < 4.78 is 13.7. The van der Waals surface area contributed by atoms with Crippen LogP contribution in [-0.2, 0) is 0 Å². The lowest BCUT2D eigenvalue weighted by Crippen LogP contribution is -2.15. The molecule has 14 heavy (non-hydrogen) atoms. The Morgan fingerprint density at radius 2 is 2.29 bits per heavy atom. The van der Waals surface area contributed by atoms with Gasteiger partial charge in [-0.05, 0) is 37.9 Å². The Morgan fingerprint density at radius 3 is 2.93 bits per heavy atom. The second-order valence-electron chi connectivity index (χ2n) is 3.78. The maximum Gasteiger partial charge on any atom is 0.134 e. The Balaban J connectivity index is 2.44. The smallest absolute Gasteiger partial charge is 0.134 e. The third-order valence-electron chi connectivity index (χ3n) is 2.76. The van der Waals surface area contributed by atoms with Gasteiger partial charge in [-0.1, -0.05) is 6.07 Å². The average molecular weight is 195 g/mol. The molecule has 0 radical (unpaired) electrons. The Labute approximate surface area is 82.8 Å². The van der Waals surface area contributed by atoms with Gasteiger partial charge >= 0.3 is 0 Å². The first-order chi connectivity index (χ1) is 6.70. The number of hydrogen-bond acceptors (Lipinski definition) is 2. The summed E-state index contributed by atoms with van der Waals surface area (Å²) in [6.07, 6.45) is 1.94. The zero-order valence-electron chi connectivity index (χ0n) is 8.18. The molecule has 1 fully saturated rings. The van der Waals surface area contributed by atoms with Gasteiger partial charge in [0.05, 0.1) is 0 Å². The molecular formula is C11H14FNO. The van der Waals surface area contributed by atoms with Gasteiger partial charge in [-0.25, -0.2) is 4.39 Å². The normalized spacial score (nSPS) is 21.4. The van der Waals surface area contributed by atoms with E-state index >= 15 is 0 Å². The predicted octanol–water partition coefficient (Wildman–Crippen LogP) is 2.26. The minimum Gasteiger partial charge on any atom is -0.508 e. The van der Waals surface area contributed by atoms with Crippen molar-refractivity contribution in [1.29, 1.82) is 0 Å².